The van der Waals surface area contributed by atoms with E-state index in [-0.39, 0.29) is 11.4 Å². The number of aliphatic hydroxyl groups is 1. The molecule has 4 heterocycles. The van der Waals surface area contributed by atoms with Gasteiger partial charge in [-0.1, -0.05) is 0 Å². The summed E-state index contributed by atoms with van der Waals surface area (Å²) in [5.74, 6) is 0.174. The number of aryl methyl sites for hydroxylation is 2. The molecule has 26 heavy (non-hydrogen) atoms. The molecule has 1 fully saturated rings. The maximum atomic E-state index is 12.5. The molecule has 3 aromatic rings. The van der Waals surface area contributed by atoms with Gasteiger partial charge in [-0.15, -0.1) is 0 Å². The summed E-state index contributed by atoms with van der Waals surface area (Å²) in [5.41, 5.74) is 7.39. The molecule has 1 aliphatic rings. The summed E-state index contributed by atoms with van der Waals surface area (Å²) in [5, 5.41) is 22.8. The third-order valence-corrected chi connectivity index (χ3v) is 5.12. The Labute approximate surface area is 149 Å². The summed E-state index contributed by atoms with van der Waals surface area (Å²) in [4.78, 5) is 12.5. The van der Waals surface area contributed by atoms with Crippen LogP contribution in [0.4, 0.5) is 5.82 Å². The molecule has 0 aliphatic carbocycles. The normalized spacial score (nSPS) is 17.0. The zero-order chi connectivity index (χ0) is 18.5. The van der Waals surface area contributed by atoms with Crippen LogP contribution < -0.4 is 11.3 Å². The number of hydrogen-bond acceptors (Lipinski definition) is 6. The van der Waals surface area contributed by atoms with Crippen molar-refractivity contribution in [2.45, 2.75) is 31.9 Å². The quantitative estimate of drug-likeness (QED) is 0.634. The molecule has 1 aliphatic heterocycles. The van der Waals surface area contributed by atoms with Crippen molar-refractivity contribution < 1.29 is 9.84 Å². The van der Waals surface area contributed by atoms with E-state index in [9.17, 15) is 9.90 Å². The van der Waals surface area contributed by atoms with Crippen molar-refractivity contribution in [2.75, 3.05) is 18.9 Å². The Bertz CT molecular complexity index is 1030. The van der Waals surface area contributed by atoms with Crippen molar-refractivity contribution in [3.8, 4) is 11.3 Å². The molecule has 0 radical (unpaired) electrons. The summed E-state index contributed by atoms with van der Waals surface area (Å²) in [6.45, 7) is 3.42. The van der Waals surface area contributed by atoms with E-state index in [1.807, 2.05) is 13.0 Å². The van der Waals surface area contributed by atoms with Gasteiger partial charge in [0.1, 0.15) is 11.0 Å². The molecule has 3 aromatic heterocycles. The molecule has 9 heteroatoms. The van der Waals surface area contributed by atoms with Gasteiger partial charge in [0.25, 0.3) is 5.56 Å². The standard InChI is InChI=1S/C17H22N6O3/c1-3-23-9-10(14-13(16(23)24)15(18)20-19-14)11-8-12(22(2)21-11)17(25)4-6-26-7-5-17/h8-9,25H,3-7H2,1-2H3,(H3,18,19,20). The first-order valence-electron chi connectivity index (χ1n) is 8.66. The molecule has 1 saturated heterocycles. The average Bonchev–Trinajstić information content (AvgIpc) is 3.20. The smallest absolute Gasteiger partial charge is 0.263 e. The van der Waals surface area contributed by atoms with E-state index in [4.69, 9.17) is 10.5 Å². The molecule has 0 bridgehead atoms. The number of aromatic nitrogens is 5. The number of nitrogens with zero attached hydrogens (tertiary/aromatic N) is 4. The lowest BCUT2D eigenvalue weighted by molar-refractivity contribution is -0.0725. The molecular weight excluding hydrogens is 336 g/mol. The van der Waals surface area contributed by atoms with Crippen LogP contribution in [0.15, 0.2) is 17.1 Å². The van der Waals surface area contributed by atoms with E-state index in [0.717, 1.165) is 11.3 Å². The molecule has 0 aromatic carbocycles. The number of H-pyrrole nitrogens is 1. The van der Waals surface area contributed by atoms with Crippen LogP contribution in [-0.4, -0.2) is 42.9 Å². The van der Waals surface area contributed by atoms with Gasteiger partial charge >= 0.3 is 0 Å². The molecule has 9 nitrogen and oxygen atoms in total. The number of hydrogen-bond donors (Lipinski definition) is 3. The van der Waals surface area contributed by atoms with Crippen molar-refractivity contribution in [1.82, 2.24) is 24.5 Å². The monoisotopic (exact) mass is 358 g/mol. The van der Waals surface area contributed by atoms with Gasteiger partial charge in [-0.2, -0.15) is 10.2 Å². The van der Waals surface area contributed by atoms with Crippen molar-refractivity contribution in [1.29, 1.82) is 0 Å². The Morgan fingerprint density at radius 2 is 2.15 bits per heavy atom. The highest BCUT2D eigenvalue weighted by Crippen LogP contribution is 2.35. The van der Waals surface area contributed by atoms with Crippen LogP contribution >= 0.6 is 0 Å². The lowest BCUT2D eigenvalue weighted by Gasteiger charge is -2.31. The first-order chi connectivity index (χ1) is 12.4. The van der Waals surface area contributed by atoms with Crippen LogP contribution in [0.1, 0.15) is 25.5 Å². The van der Waals surface area contributed by atoms with Crippen LogP contribution in [0.3, 0.4) is 0 Å². The largest absolute Gasteiger partial charge is 0.383 e. The zero-order valence-electron chi connectivity index (χ0n) is 14.8. The Balaban J connectivity index is 1.90. The molecule has 0 spiro atoms. The number of aromatic amines is 1. The fourth-order valence-electron chi connectivity index (χ4n) is 3.62. The second-order valence-corrected chi connectivity index (χ2v) is 6.68. The minimum atomic E-state index is -0.969. The summed E-state index contributed by atoms with van der Waals surface area (Å²) >= 11 is 0. The molecule has 138 valence electrons. The van der Waals surface area contributed by atoms with Crippen molar-refractivity contribution in [3.05, 3.63) is 28.3 Å². The molecule has 0 atom stereocenters. The molecule has 4 rings (SSSR count). The van der Waals surface area contributed by atoms with Gasteiger partial charge in [0.2, 0.25) is 0 Å². The fourth-order valence-corrected chi connectivity index (χ4v) is 3.62. The molecule has 0 saturated carbocycles. The third-order valence-electron chi connectivity index (χ3n) is 5.12. The number of nitrogen functional groups attached to an aromatic ring is 1. The first kappa shape index (κ1) is 16.8. The van der Waals surface area contributed by atoms with Gasteiger partial charge in [0.05, 0.1) is 16.9 Å². The number of nitrogens with two attached hydrogens (primary N) is 1. The predicted octanol–water partition coefficient (Wildman–Crippen LogP) is 0.725. The van der Waals surface area contributed by atoms with Crippen LogP contribution in [0, 0.1) is 0 Å². The van der Waals surface area contributed by atoms with Gasteiger partial charge in [0, 0.05) is 51.4 Å². The van der Waals surface area contributed by atoms with E-state index in [1.165, 1.54) is 0 Å². The Kier molecular flexibility index (Phi) is 3.85. The highest BCUT2D eigenvalue weighted by molar-refractivity contribution is 5.97. The van der Waals surface area contributed by atoms with Crippen LogP contribution in [0.2, 0.25) is 0 Å². The van der Waals surface area contributed by atoms with Gasteiger partial charge in [-0.3, -0.25) is 14.6 Å². The highest BCUT2D eigenvalue weighted by atomic mass is 16.5. The second kappa shape index (κ2) is 5.96. The maximum absolute atomic E-state index is 12.5. The zero-order valence-corrected chi connectivity index (χ0v) is 14.8. The molecule has 0 amide bonds. The van der Waals surface area contributed by atoms with Crippen molar-refractivity contribution in [2.24, 2.45) is 7.05 Å². The summed E-state index contributed by atoms with van der Waals surface area (Å²) < 4.78 is 8.64. The first-order valence-corrected chi connectivity index (χ1v) is 8.66. The minimum Gasteiger partial charge on any atom is -0.383 e. The maximum Gasteiger partial charge on any atom is 0.263 e. The topological polar surface area (TPSA) is 124 Å². The number of fused-ring (bicyclic) bond motifs is 1. The lowest BCUT2D eigenvalue weighted by Crippen LogP contribution is -2.35. The van der Waals surface area contributed by atoms with Crippen molar-refractivity contribution >= 4 is 16.7 Å². The third kappa shape index (κ3) is 2.43. The van der Waals surface area contributed by atoms with Gasteiger partial charge in [-0.05, 0) is 13.0 Å². The minimum absolute atomic E-state index is 0.174. The number of nitrogens with one attached hydrogen (secondary N) is 1. The Morgan fingerprint density at radius 1 is 1.42 bits per heavy atom. The van der Waals surface area contributed by atoms with Gasteiger partial charge in [0.15, 0.2) is 5.82 Å². The van der Waals surface area contributed by atoms with E-state index in [0.29, 0.717) is 49.2 Å². The van der Waals surface area contributed by atoms with Crippen LogP contribution in [0.25, 0.3) is 22.2 Å². The van der Waals surface area contributed by atoms with Gasteiger partial charge in [-0.25, -0.2) is 0 Å². The number of pyridine rings is 1. The molecule has 0 unspecified atom stereocenters. The van der Waals surface area contributed by atoms with Crippen LogP contribution in [0.5, 0.6) is 0 Å². The fraction of sp³-hybridized carbons (Fsp3) is 0.471. The number of rotatable bonds is 3. The summed E-state index contributed by atoms with van der Waals surface area (Å²) in [6.07, 6.45) is 2.79. The second-order valence-electron chi connectivity index (χ2n) is 6.68. The van der Waals surface area contributed by atoms with E-state index >= 15 is 0 Å². The van der Waals surface area contributed by atoms with Gasteiger partial charge < -0.3 is 20.1 Å². The van der Waals surface area contributed by atoms with E-state index in [2.05, 4.69) is 15.3 Å². The Hall–Kier alpha value is -2.65. The summed E-state index contributed by atoms with van der Waals surface area (Å²) in [7, 11) is 1.81. The number of ether oxygens (including phenoxy) is 1. The predicted molar refractivity (Wildman–Crippen MR) is 96.6 cm³/mol. The van der Waals surface area contributed by atoms with E-state index in [1.54, 1.807) is 22.5 Å². The van der Waals surface area contributed by atoms with Crippen molar-refractivity contribution in [3.63, 3.8) is 0 Å². The number of anilines is 1. The average molecular weight is 358 g/mol. The SMILES string of the molecule is CCn1cc(-c2cc(C3(O)CCOCC3)n(C)n2)c2[nH]nc(N)c2c1=O. The molecule has 4 N–H and O–H groups in total. The lowest BCUT2D eigenvalue weighted by atomic mass is 9.90. The highest BCUT2D eigenvalue weighted by Gasteiger charge is 2.35. The van der Waals surface area contributed by atoms with Crippen LogP contribution in [-0.2, 0) is 23.9 Å². The van der Waals surface area contributed by atoms with E-state index < -0.39 is 5.60 Å². The summed E-state index contributed by atoms with van der Waals surface area (Å²) in [6, 6.07) is 1.86. The molecular formula is C17H22N6O3. The Morgan fingerprint density at radius 3 is 2.85 bits per heavy atom.